The van der Waals surface area contributed by atoms with Gasteiger partial charge in [-0.2, -0.15) is 0 Å². The summed E-state index contributed by atoms with van der Waals surface area (Å²) in [7, 11) is 1.87. The standard InChI is InChI=1S/C15H24N4/c1-16-14-11-17-13(10-18-14)12-19-8-6-15(7-9-19)4-2-3-5-15/h10-11H,2-9,12H2,1H3,(H,16,18). The molecule has 0 bridgehead atoms. The lowest BCUT2D eigenvalue weighted by atomic mass is 9.77. The van der Waals surface area contributed by atoms with Crippen LogP contribution < -0.4 is 5.32 Å². The van der Waals surface area contributed by atoms with E-state index in [0.717, 1.165) is 18.1 Å². The van der Waals surface area contributed by atoms with Crippen molar-refractivity contribution in [2.75, 3.05) is 25.5 Å². The Morgan fingerprint density at radius 3 is 2.42 bits per heavy atom. The van der Waals surface area contributed by atoms with Crippen molar-refractivity contribution in [3.63, 3.8) is 0 Å². The maximum atomic E-state index is 4.47. The van der Waals surface area contributed by atoms with Gasteiger partial charge in [-0.15, -0.1) is 0 Å². The Morgan fingerprint density at radius 1 is 1.11 bits per heavy atom. The molecule has 0 amide bonds. The van der Waals surface area contributed by atoms with Gasteiger partial charge in [0, 0.05) is 13.6 Å². The second-order valence-electron chi connectivity index (χ2n) is 6.13. The van der Waals surface area contributed by atoms with E-state index in [-0.39, 0.29) is 0 Å². The highest BCUT2D eigenvalue weighted by molar-refractivity contribution is 5.29. The lowest BCUT2D eigenvalue weighted by molar-refractivity contribution is 0.102. The van der Waals surface area contributed by atoms with Gasteiger partial charge in [0.2, 0.25) is 0 Å². The molecule has 2 aliphatic rings. The molecule has 0 unspecified atom stereocenters. The van der Waals surface area contributed by atoms with Gasteiger partial charge in [-0.05, 0) is 44.2 Å². The first-order chi connectivity index (χ1) is 9.30. The van der Waals surface area contributed by atoms with Gasteiger partial charge in [0.05, 0.1) is 18.1 Å². The van der Waals surface area contributed by atoms with Gasteiger partial charge < -0.3 is 5.32 Å². The number of nitrogens with one attached hydrogen (secondary N) is 1. The molecular formula is C15H24N4. The first-order valence-corrected chi connectivity index (χ1v) is 7.51. The van der Waals surface area contributed by atoms with Crippen molar-refractivity contribution >= 4 is 5.82 Å². The van der Waals surface area contributed by atoms with Crippen LogP contribution in [0.5, 0.6) is 0 Å². The predicted octanol–water partition coefficient (Wildman–Crippen LogP) is 2.67. The van der Waals surface area contributed by atoms with Crippen molar-refractivity contribution in [1.82, 2.24) is 14.9 Å². The van der Waals surface area contributed by atoms with Gasteiger partial charge in [-0.1, -0.05) is 12.8 Å². The van der Waals surface area contributed by atoms with Gasteiger partial charge in [-0.3, -0.25) is 9.88 Å². The van der Waals surface area contributed by atoms with Gasteiger partial charge in [0.1, 0.15) is 5.82 Å². The molecule has 2 heterocycles. The van der Waals surface area contributed by atoms with E-state index in [4.69, 9.17) is 0 Å². The summed E-state index contributed by atoms with van der Waals surface area (Å²) in [5, 5.41) is 3.00. The minimum absolute atomic E-state index is 0.707. The molecule has 1 aromatic rings. The first-order valence-electron chi connectivity index (χ1n) is 7.51. The summed E-state index contributed by atoms with van der Waals surface area (Å²) in [6.07, 6.45) is 12.3. The second kappa shape index (κ2) is 5.45. The number of piperidine rings is 1. The van der Waals surface area contributed by atoms with E-state index in [9.17, 15) is 0 Å². The molecule has 0 atom stereocenters. The summed E-state index contributed by atoms with van der Waals surface area (Å²) in [6.45, 7) is 3.41. The number of hydrogen-bond acceptors (Lipinski definition) is 4. The zero-order valence-corrected chi connectivity index (χ0v) is 11.9. The number of aromatic nitrogens is 2. The molecule has 1 spiro atoms. The minimum atomic E-state index is 0.707. The summed E-state index contributed by atoms with van der Waals surface area (Å²) >= 11 is 0. The summed E-state index contributed by atoms with van der Waals surface area (Å²) < 4.78 is 0. The molecule has 19 heavy (non-hydrogen) atoms. The Hall–Kier alpha value is -1.16. The van der Waals surface area contributed by atoms with E-state index in [1.807, 2.05) is 19.4 Å². The minimum Gasteiger partial charge on any atom is -0.372 e. The average molecular weight is 260 g/mol. The smallest absolute Gasteiger partial charge is 0.144 e. The van der Waals surface area contributed by atoms with Gasteiger partial charge in [0.15, 0.2) is 0 Å². The Kier molecular flexibility index (Phi) is 3.69. The molecule has 1 aliphatic carbocycles. The molecule has 1 aromatic heterocycles. The van der Waals surface area contributed by atoms with E-state index < -0.39 is 0 Å². The molecule has 3 rings (SSSR count). The molecule has 0 aromatic carbocycles. The number of hydrogen-bond donors (Lipinski definition) is 1. The Labute approximate surface area is 115 Å². The summed E-state index contributed by atoms with van der Waals surface area (Å²) in [6, 6.07) is 0. The molecule has 4 heteroatoms. The largest absolute Gasteiger partial charge is 0.372 e. The molecule has 1 N–H and O–H groups in total. The molecule has 1 saturated carbocycles. The fourth-order valence-electron chi connectivity index (χ4n) is 3.61. The zero-order valence-electron chi connectivity index (χ0n) is 11.9. The van der Waals surface area contributed by atoms with Crippen LogP contribution >= 0.6 is 0 Å². The molecular weight excluding hydrogens is 236 g/mol. The van der Waals surface area contributed by atoms with E-state index in [0.29, 0.717) is 5.41 Å². The van der Waals surface area contributed by atoms with E-state index in [2.05, 4.69) is 20.2 Å². The Morgan fingerprint density at radius 2 is 1.84 bits per heavy atom. The van der Waals surface area contributed by atoms with Crippen molar-refractivity contribution in [2.45, 2.75) is 45.1 Å². The van der Waals surface area contributed by atoms with Gasteiger partial charge in [-0.25, -0.2) is 4.98 Å². The van der Waals surface area contributed by atoms with Crippen LogP contribution in [0.1, 0.15) is 44.2 Å². The third-order valence-electron chi connectivity index (χ3n) is 4.93. The highest BCUT2D eigenvalue weighted by Gasteiger charge is 2.36. The SMILES string of the molecule is CNc1cnc(CN2CCC3(CCCC3)CC2)cn1. The van der Waals surface area contributed by atoms with Crippen LogP contribution in [0.4, 0.5) is 5.82 Å². The second-order valence-corrected chi connectivity index (χ2v) is 6.13. The van der Waals surface area contributed by atoms with Crippen molar-refractivity contribution in [2.24, 2.45) is 5.41 Å². The van der Waals surface area contributed by atoms with Crippen molar-refractivity contribution in [1.29, 1.82) is 0 Å². The lowest BCUT2D eigenvalue weighted by Gasteiger charge is -2.39. The maximum absolute atomic E-state index is 4.47. The van der Waals surface area contributed by atoms with Gasteiger partial charge in [0.25, 0.3) is 0 Å². The topological polar surface area (TPSA) is 41.1 Å². The number of anilines is 1. The molecule has 2 fully saturated rings. The molecule has 0 radical (unpaired) electrons. The van der Waals surface area contributed by atoms with E-state index >= 15 is 0 Å². The zero-order chi connectivity index (χ0) is 13.1. The Balaban J connectivity index is 1.53. The third-order valence-corrected chi connectivity index (χ3v) is 4.93. The average Bonchev–Trinajstić information content (AvgIpc) is 2.91. The molecule has 4 nitrogen and oxygen atoms in total. The summed E-state index contributed by atoms with van der Waals surface area (Å²) in [5.74, 6) is 0.840. The quantitative estimate of drug-likeness (QED) is 0.907. The molecule has 104 valence electrons. The van der Waals surface area contributed by atoms with Crippen LogP contribution in [-0.2, 0) is 6.54 Å². The normalized spacial score (nSPS) is 22.8. The fourth-order valence-corrected chi connectivity index (χ4v) is 3.61. The van der Waals surface area contributed by atoms with Crippen molar-refractivity contribution in [3.05, 3.63) is 18.1 Å². The van der Waals surface area contributed by atoms with Crippen LogP contribution in [0, 0.1) is 5.41 Å². The monoisotopic (exact) mass is 260 g/mol. The Bertz CT molecular complexity index is 399. The number of nitrogens with zero attached hydrogens (tertiary/aromatic N) is 3. The third kappa shape index (κ3) is 2.89. The van der Waals surface area contributed by atoms with Crippen LogP contribution in [0.2, 0.25) is 0 Å². The van der Waals surface area contributed by atoms with Crippen LogP contribution in [0.15, 0.2) is 12.4 Å². The van der Waals surface area contributed by atoms with E-state index in [1.165, 1.54) is 51.6 Å². The van der Waals surface area contributed by atoms with E-state index in [1.54, 1.807) is 0 Å². The maximum Gasteiger partial charge on any atom is 0.144 e. The highest BCUT2D eigenvalue weighted by Crippen LogP contribution is 2.46. The van der Waals surface area contributed by atoms with Crippen LogP contribution in [-0.4, -0.2) is 35.0 Å². The van der Waals surface area contributed by atoms with Crippen LogP contribution in [0.25, 0.3) is 0 Å². The molecule has 1 saturated heterocycles. The van der Waals surface area contributed by atoms with Crippen LogP contribution in [0.3, 0.4) is 0 Å². The fraction of sp³-hybridized carbons (Fsp3) is 0.733. The number of rotatable bonds is 3. The summed E-state index contributed by atoms with van der Waals surface area (Å²) in [5.41, 5.74) is 1.79. The number of likely N-dealkylation sites (tertiary alicyclic amines) is 1. The predicted molar refractivity (Wildman–Crippen MR) is 77.0 cm³/mol. The van der Waals surface area contributed by atoms with Crippen molar-refractivity contribution in [3.8, 4) is 0 Å². The molecule has 1 aliphatic heterocycles. The van der Waals surface area contributed by atoms with Gasteiger partial charge >= 0.3 is 0 Å². The lowest BCUT2D eigenvalue weighted by Crippen LogP contribution is -2.38. The summed E-state index contributed by atoms with van der Waals surface area (Å²) in [4.78, 5) is 11.3. The highest BCUT2D eigenvalue weighted by atomic mass is 15.1. The van der Waals surface area contributed by atoms with Crippen molar-refractivity contribution < 1.29 is 0 Å². The first kappa shape index (κ1) is 12.9.